The Morgan fingerprint density at radius 2 is 2.00 bits per heavy atom. The lowest BCUT2D eigenvalue weighted by Crippen LogP contribution is -2.08. The number of ether oxygens (including phenoxy) is 1. The van der Waals surface area contributed by atoms with E-state index in [4.69, 9.17) is 33.7 Å². The third kappa shape index (κ3) is 4.10. The Bertz CT molecular complexity index is 885. The van der Waals surface area contributed by atoms with Gasteiger partial charge in [0.2, 0.25) is 0 Å². The maximum absolute atomic E-state index is 6.35. The highest BCUT2D eigenvalue weighted by Gasteiger charge is 2.16. The normalized spacial score (nSPS) is 10.9. The highest BCUT2D eigenvalue weighted by molar-refractivity contribution is 7.98. The van der Waals surface area contributed by atoms with Gasteiger partial charge in [-0.2, -0.15) is 0 Å². The molecular formula is C17H16Cl2N4OS. The Hall–Kier alpha value is -1.73. The average molecular weight is 395 g/mol. The molecule has 2 aromatic carbocycles. The van der Waals surface area contributed by atoms with Crippen molar-refractivity contribution in [2.45, 2.75) is 17.5 Å². The third-order valence-electron chi connectivity index (χ3n) is 3.54. The second-order valence-electron chi connectivity index (χ2n) is 5.17. The molecule has 0 aliphatic heterocycles. The minimum Gasteiger partial charge on any atom is -0.497 e. The van der Waals surface area contributed by atoms with Crippen LogP contribution in [0.2, 0.25) is 10.0 Å². The van der Waals surface area contributed by atoms with E-state index in [1.807, 2.05) is 34.9 Å². The van der Waals surface area contributed by atoms with E-state index in [1.165, 1.54) is 0 Å². The summed E-state index contributed by atoms with van der Waals surface area (Å²) in [6.07, 6.45) is 0. The van der Waals surface area contributed by atoms with Gasteiger partial charge in [0.1, 0.15) is 5.75 Å². The number of methoxy groups -OCH3 is 1. The molecule has 1 heterocycles. The zero-order chi connectivity index (χ0) is 17.8. The Labute approximate surface area is 160 Å². The summed E-state index contributed by atoms with van der Waals surface area (Å²) in [6, 6.07) is 13.2. The van der Waals surface area contributed by atoms with Crippen LogP contribution in [0.3, 0.4) is 0 Å². The van der Waals surface area contributed by atoms with Crippen molar-refractivity contribution < 1.29 is 4.74 Å². The van der Waals surface area contributed by atoms with E-state index in [0.717, 1.165) is 17.0 Å². The largest absolute Gasteiger partial charge is 0.497 e. The molecule has 25 heavy (non-hydrogen) atoms. The molecule has 0 atom stereocenters. The quantitative estimate of drug-likeness (QED) is 0.630. The summed E-state index contributed by atoms with van der Waals surface area (Å²) in [6.45, 7) is 0.256. The molecule has 0 spiro atoms. The lowest BCUT2D eigenvalue weighted by molar-refractivity contribution is 0.414. The number of aromatic nitrogens is 3. The standard InChI is InChI=1S/C17H16Cl2N4OS/c1-24-13-4-2-3-11(7-13)10-25-17-22-21-16(9-20)23(17)15-6-5-12(18)8-14(15)19/h2-8H,9-10,20H2,1H3. The van der Waals surface area contributed by atoms with Crippen LogP contribution in [0.5, 0.6) is 5.75 Å². The van der Waals surface area contributed by atoms with Crippen molar-refractivity contribution in [1.82, 2.24) is 14.8 Å². The van der Waals surface area contributed by atoms with Crippen molar-refractivity contribution in [1.29, 1.82) is 0 Å². The molecule has 8 heteroatoms. The van der Waals surface area contributed by atoms with Gasteiger partial charge in [-0.05, 0) is 35.9 Å². The summed E-state index contributed by atoms with van der Waals surface area (Å²) >= 11 is 13.9. The second-order valence-corrected chi connectivity index (χ2v) is 6.96. The Morgan fingerprint density at radius 3 is 2.72 bits per heavy atom. The van der Waals surface area contributed by atoms with Crippen molar-refractivity contribution in [3.8, 4) is 11.4 Å². The Morgan fingerprint density at radius 1 is 1.16 bits per heavy atom. The molecule has 1 aromatic heterocycles. The maximum Gasteiger partial charge on any atom is 0.196 e. The predicted octanol–water partition coefficient (Wildman–Crippen LogP) is 4.33. The van der Waals surface area contributed by atoms with Crippen LogP contribution in [0.4, 0.5) is 0 Å². The summed E-state index contributed by atoms with van der Waals surface area (Å²) in [5.41, 5.74) is 7.68. The molecule has 0 radical (unpaired) electrons. The Kier molecular flexibility index (Phi) is 5.86. The van der Waals surface area contributed by atoms with Crippen LogP contribution in [0, 0.1) is 0 Å². The minimum atomic E-state index is 0.256. The first-order valence-electron chi connectivity index (χ1n) is 7.48. The molecule has 0 aliphatic carbocycles. The molecule has 0 bridgehead atoms. The fourth-order valence-electron chi connectivity index (χ4n) is 2.34. The van der Waals surface area contributed by atoms with E-state index in [9.17, 15) is 0 Å². The van der Waals surface area contributed by atoms with E-state index in [-0.39, 0.29) is 6.54 Å². The van der Waals surface area contributed by atoms with Crippen molar-refractivity contribution in [2.75, 3.05) is 7.11 Å². The van der Waals surface area contributed by atoms with Crippen LogP contribution in [-0.4, -0.2) is 21.9 Å². The van der Waals surface area contributed by atoms with Crippen LogP contribution in [-0.2, 0) is 12.3 Å². The SMILES string of the molecule is COc1cccc(CSc2nnc(CN)n2-c2ccc(Cl)cc2Cl)c1. The van der Waals surface area contributed by atoms with E-state index < -0.39 is 0 Å². The lowest BCUT2D eigenvalue weighted by atomic mass is 10.2. The van der Waals surface area contributed by atoms with Crippen molar-refractivity contribution in [3.63, 3.8) is 0 Å². The molecule has 3 aromatic rings. The van der Waals surface area contributed by atoms with Crippen molar-refractivity contribution in [2.24, 2.45) is 5.73 Å². The van der Waals surface area contributed by atoms with Crippen LogP contribution in [0.25, 0.3) is 5.69 Å². The van der Waals surface area contributed by atoms with E-state index in [1.54, 1.807) is 31.0 Å². The van der Waals surface area contributed by atoms with Gasteiger partial charge >= 0.3 is 0 Å². The summed E-state index contributed by atoms with van der Waals surface area (Å²) in [5.74, 6) is 2.17. The fourth-order valence-corrected chi connectivity index (χ4v) is 3.74. The number of nitrogens with two attached hydrogens (primary N) is 1. The number of hydrogen-bond acceptors (Lipinski definition) is 5. The van der Waals surface area contributed by atoms with E-state index >= 15 is 0 Å². The average Bonchev–Trinajstić information content (AvgIpc) is 3.03. The molecule has 0 unspecified atom stereocenters. The number of benzene rings is 2. The zero-order valence-electron chi connectivity index (χ0n) is 13.4. The van der Waals surface area contributed by atoms with Gasteiger partial charge in [-0.25, -0.2) is 0 Å². The van der Waals surface area contributed by atoms with Gasteiger partial charge in [-0.15, -0.1) is 10.2 Å². The summed E-state index contributed by atoms with van der Waals surface area (Å²) in [7, 11) is 1.65. The molecule has 5 nitrogen and oxygen atoms in total. The Balaban J connectivity index is 1.90. The van der Waals surface area contributed by atoms with E-state index in [0.29, 0.717) is 26.8 Å². The van der Waals surface area contributed by atoms with Gasteiger partial charge in [-0.3, -0.25) is 4.57 Å². The van der Waals surface area contributed by atoms with Crippen LogP contribution in [0.15, 0.2) is 47.6 Å². The highest BCUT2D eigenvalue weighted by atomic mass is 35.5. The topological polar surface area (TPSA) is 66.0 Å². The second kappa shape index (κ2) is 8.10. The van der Waals surface area contributed by atoms with Gasteiger partial charge in [0.05, 0.1) is 24.4 Å². The van der Waals surface area contributed by atoms with Crippen molar-refractivity contribution >= 4 is 35.0 Å². The molecular weight excluding hydrogens is 379 g/mol. The maximum atomic E-state index is 6.35. The molecule has 0 saturated carbocycles. The third-order valence-corrected chi connectivity index (χ3v) is 5.07. The molecule has 0 saturated heterocycles. The summed E-state index contributed by atoms with van der Waals surface area (Å²) in [4.78, 5) is 0. The summed E-state index contributed by atoms with van der Waals surface area (Å²) in [5, 5.41) is 10.2. The zero-order valence-corrected chi connectivity index (χ0v) is 15.8. The minimum absolute atomic E-state index is 0.256. The van der Waals surface area contributed by atoms with Gasteiger partial charge in [0.15, 0.2) is 11.0 Å². The number of halogens is 2. The highest BCUT2D eigenvalue weighted by Crippen LogP contribution is 2.31. The number of hydrogen-bond donors (Lipinski definition) is 1. The first kappa shape index (κ1) is 18.1. The van der Waals surface area contributed by atoms with Crippen LogP contribution in [0.1, 0.15) is 11.4 Å². The predicted molar refractivity (Wildman–Crippen MR) is 102 cm³/mol. The molecule has 0 amide bonds. The van der Waals surface area contributed by atoms with Gasteiger partial charge in [0.25, 0.3) is 0 Å². The van der Waals surface area contributed by atoms with Crippen LogP contribution >= 0.6 is 35.0 Å². The van der Waals surface area contributed by atoms with Crippen LogP contribution < -0.4 is 10.5 Å². The monoisotopic (exact) mass is 394 g/mol. The number of nitrogens with zero attached hydrogens (tertiary/aromatic N) is 3. The van der Waals surface area contributed by atoms with E-state index in [2.05, 4.69) is 10.2 Å². The first-order valence-corrected chi connectivity index (χ1v) is 9.22. The summed E-state index contributed by atoms with van der Waals surface area (Å²) < 4.78 is 7.12. The fraction of sp³-hybridized carbons (Fsp3) is 0.176. The molecule has 3 rings (SSSR count). The molecule has 0 aliphatic rings. The molecule has 130 valence electrons. The number of thioether (sulfide) groups is 1. The molecule has 2 N–H and O–H groups in total. The smallest absolute Gasteiger partial charge is 0.196 e. The first-order chi connectivity index (χ1) is 12.1. The lowest BCUT2D eigenvalue weighted by Gasteiger charge is -2.11. The van der Waals surface area contributed by atoms with Gasteiger partial charge in [-0.1, -0.05) is 47.1 Å². The molecule has 0 fully saturated rings. The van der Waals surface area contributed by atoms with Crippen molar-refractivity contribution in [3.05, 3.63) is 63.9 Å². The number of rotatable bonds is 6. The van der Waals surface area contributed by atoms with Gasteiger partial charge in [0, 0.05) is 10.8 Å². The van der Waals surface area contributed by atoms with Gasteiger partial charge < -0.3 is 10.5 Å².